The van der Waals surface area contributed by atoms with Crippen molar-refractivity contribution in [2.45, 2.75) is 393 Å². The van der Waals surface area contributed by atoms with Crippen LogP contribution in [0.15, 0.2) is 0 Å². The van der Waals surface area contributed by atoms with Crippen LogP contribution in [0.1, 0.15) is 375 Å². The molecule has 0 aromatic heterocycles. The van der Waals surface area contributed by atoms with E-state index in [1.54, 1.807) is 0 Å². The van der Waals surface area contributed by atoms with E-state index < -0.39 is 97.5 Å². The maximum absolute atomic E-state index is 13.0. The van der Waals surface area contributed by atoms with Gasteiger partial charge in [-0.1, -0.05) is 324 Å². The highest BCUT2D eigenvalue weighted by Gasteiger charge is 2.30. The van der Waals surface area contributed by atoms with Crippen LogP contribution in [0.3, 0.4) is 0 Å². The molecular formula is C72H140O17P2. The minimum atomic E-state index is -4.95. The molecule has 0 aromatic carbocycles. The van der Waals surface area contributed by atoms with Crippen LogP contribution < -0.4 is 0 Å². The number of aliphatic hydroxyl groups excluding tert-OH is 1. The number of hydrogen-bond donors (Lipinski definition) is 3. The summed E-state index contributed by atoms with van der Waals surface area (Å²) in [7, 11) is -9.90. The quantitative estimate of drug-likeness (QED) is 0.0222. The molecule has 17 nitrogen and oxygen atoms in total. The van der Waals surface area contributed by atoms with Gasteiger partial charge in [0.15, 0.2) is 12.2 Å². The maximum Gasteiger partial charge on any atom is 0.472 e. The Labute approximate surface area is 556 Å². The Morgan fingerprint density at radius 1 is 0.308 bits per heavy atom. The van der Waals surface area contributed by atoms with Crippen molar-refractivity contribution in [1.29, 1.82) is 0 Å². The van der Waals surface area contributed by atoms with Gasteiger partial charge in [0, 0.05) is 25.7 Å². The largest absolute Gasteiger partial charge is 0.472 e. The van der Waals surface area contributed by atoms with E-state index >= 15 is 0 Å². The van der Waals surface area contributed by atoms with Crippen LogP contribution in [0.4, 0.5) is 0 Å². The predicted octanol–water partition coefficient (Wildman–Crippen LogP) is 20.9. The molecule has 0 aromatic rings. The molecule has 0 saturated heterocycles. The molecule has 0 saturated carbocycles. The average Bonchev–Trinajstić information content (AvgIpc) is 3.62. The lowest BCUT2D eigenvalue weighted by molar-refractivity contribution is -0.161. The molecule has 540 valence electrons. The lowest BCUT2D eigenvalue weighted by atomic mass is 10.00. The third kappa shape index (κ3) is 65.1. The normalized spacial score (nSPS) is 14.3. The molecule has 0 bridgehead atoms. The molecule has 0 aliphatic heterocycles. The van der Waals surface area contributed by atoms with Gasteiger partial charge < -0.3 is 33.8 Å². The number of phosphoric ester groups is 2. The van der Waals surface area contributed by atoms with Crippen molar-refractivity contribution < 1.29 is 80.2 Å². The Bertz CT molecular complexity index is 1760. The molecule has 3 N–H and O–H groups in total. The standard InChI is InChI=1S/C72H140O17P2/c1-6-10-13-16-19-22-25-27-28-29-30-32-35-38-41-48-53-58-72(77)88-67(61-82-69(74)55-50-45-39-36-34-31-26-23-20-17-14-11-7-2)63-86-90(78,79)84-59-66(73)60-85-91(80,81)87-64-68(62-83-70(75)56-51-46-43-42-44-49-54-65(5)9-4)89-71(76)57-52-47-40-37-33-24-21-18-15-12-8-3/h65-68,73H,6-64H2,1-5H3,(H,78,79)(H,80,81)/t65?,66-,67-,68-/m1/s1. The summed E-state index contributed by atoms with van der Waals surface area (Å²) in [6.45, 7) is 7.22. The third-order valence-corrected chi connectivity index (χ3v) is 19.0. The van der Waals surface area contributed by atoms with E-state index in [9.17, 15) is 43.2 Å². The summed E-state index contributed by atoms with van der Waals surface area (Å²) in [5, 5.41) is 10.6. The summed E-state index contributed by atoms with van der Waals surface area (Å²) >= 11 is 0. The van der Waals surface area contributed by atoms with Crippen molar-refractivity contribution in [1.82, 2.24) is 0 Å². The molecule has 19 heteroatoms. The molecule has 0 heterocycles. The van der Waals surface area contributed by atoms with E-state index in [1.807, 2.05) is 0 Å². The maximum atomic E-state index is 13.0. The van der Waals surface area contributed by atoms with E-state index in [2.05, 4.69) is 34.6 Å². The molecular weight excluding hydrogens is 1200 g/mol. The number of phosphoric acid groups is 2. The Morgan fingerprint density at radius 3 is 0.780 bits per heavy atom. The lowest BCUT2D eigenvalue weighted by Crippen LogP contribution is -2.30. The van der Waals surface area contributed by atoms with Gasteiger partial charge in [-0.2, -0.15) is 0 Å². The number of rotatable bonds is 72. The molecule has 91 heavy (non-hydrogen) atoms. The van der Waals surface area contributed by atoms with Crippen LogP contribution in [0.25, 0.3) is 0 Å². The first-order valence-corrected chi connectivity index (χ1v) is 40.7. The first-order valence-electron chi connectivity index (χ1n) is 37.7. The minimum absolute atomic E-state index is 0.106. The number of carbonyl (C=O) groups is 4. The van der Waals surface area contributed by atoms with Gasteiger partial charge in [0.2, 0.25) is 0 Å². The highest BCUT2D eigenvalue weighted by Crippen LogP contribution is 2.45. The van der Waals surface area contributed by atoms with Crippen molar-refractivity contribution in [3.63, 3.8) is 0 Å². The van der Waals surface area contributed by atoms with E-state index in [4.69, 9.17) is 37.0 Å². The molecule has 0 spiro atoms. The second kappa shape index (κ2) is 65.4. The Balaban J connectivity index is 5.24. The lowest BCUT2D eigenvalue weighted by Gasteiger charge is -2.21. The van der Waals surface area contributed by atoms with Crippen LogP contribution in [-0.2, 0) is 65.4 Å². The predicted molar refractivity (Wildman–Crippen MR) is 368 cm³/mol. The van der Waals surface area contributed by atoms with Crippen molar-refractivity contribution in [3.8, 4) is 0 Å². The number of hydrogen-bond acceptors (Lipinski definition) is 15. The molecule has 0 radical (unpaired) electrons. The number of unbranched alkanes of at least 4 members (excludes halogenated alkanes) is 43. The first-order chi connectivity index (χ1) is 44.1. The van der Waals surface area contributed by atoms with Crippen LogP contribution in [0.5, 0.6) is 0 Å². The van der Waals surface area contributed by atoms with Gasteiger partial charge in [-0.3, -0.25) is 37.3 Å². The fourth-order valence-corrected chi connectivity index (χ4v) is 12.5. The van der Waals surface area contributed by atoms with Crippen molar-refractivity contribution in [2.24, 2.45) is 5.92 Å². The van der Waals surface area contributed by atoms with Crippen molar-refractivity contribution in [2.75, 3.05) is 39.6 Å². The van der Waals surface area contributed by atoms with Gasteiger partial charge >= 0.3 is 39.5 Å². The Kier molecular flexibility index (Phi) is 64.0. The summed E-state index contributed by atoms with van der Waals surface area (Å²) < 4.78 is 68.4. The monoisotopic (exact) mass is 1340 g/mol. The van der Waals surface area contributed by atoms with Gasteiger partial charge in [0.25, 0.3) is 0 Å². The fourth-order valence-electron chi connectivity index (χ4n) is 11.0. The van der Waals surface area contributed by atoms with E-state index in [0.29, 0.717) is 25.7 Å². The van der Waals surface area contributed by atoms with Crippen LogP contribution in [0.2, 0.25) is 0 Å². The van der Waals surface area contributed by atoms with Gasteiger partial charge in [-0.15, -0.1) is 0 Å². The highest BCUT2D eigenvalue weighted by atomic mass is 31.2. The van der Waals surface area contributed by atoms with E-state index in [1.165, 1.54) is 193 Å². The van der Waals surface area contributed by atoms with Crippen molar-refractivity contribution >= 4 is 39.5 Å². The molecule has 0 aliphatic carbocycles. The second-order valence-electron chi connectivity index (χ2n) is 26.2. The molecule has 0 fully saturated rings. The Morgan fingerprint density at radius 2 is 0.527 bits per heavy atom. The number of aliphatic hydroxyl groups is 1. The van der Waals surface area contributed by atoms with Crippen LogP contribution in [0, 0.1) is 5.92 Å². The number of ether oxygens (including phenoxy) is 4. The zero-order chi connectivity index (χ0) is 67.0. The molecule has 0 amide bonds. The minimum Gasteiger partial charge on any atom is -0.462 e. The second-order valence-corrected chi connectivity index (χ2v) is 29.1. The summed E-state index contributed by atoms with van der Waals surface area (Å²) in [6, 6.07) is 0. The zero-order valence-corrected chi connectivity index (χ0v) is 60.8. The van der Waals surface area contributed by atoms with Gasteiger partial charge in [0.05, 0.1) is 26.4 Å². The van der Waals surface area contributed by atoms with Gasteiger partial charge in [-0.25, -0.2) is 9.13 Å². The highest BCUT2D eigenvalue weighted by molar-refractivity contribution is 7.47. The van der Waals surface area contributed by atoms with Crippen LogP contribution in [-0.4, -0.2) is 96.7 Å². The first kappa shape index (κ1) is 89.1. The smallest absolute Gasteiger partial charge is 0.462 e. The zero-order valence-electron chi connectivity index (χ0n) is 59.0. The Hall–Kier alpha value is -1.94. The number of esters is 4. The topological polar surface area (TPSA) is 237 Å². The van der Waals surface area contributed by atoms with E-state index in [0.717, 1.165) is 102 Å². The van der Waals surface area contributed by atoms with Crippen LogP contribution >= 0.6 is 15.6 Å². The summed E-state index contributed by atoms with van der Waals surface area (Å²) in [4.78, 5) is 72.6. The SMILES string of the molecule is CCCCCCCCCCCCCCCCCCCC(=O)O[C@H](COC(=O)CCCCCCCCCCCCCCC)COP(=O)(O)OC[C@@H](O)COP(=O)(O)OC[C@@H](COC(=O)CCCCCCCCC(C)CC)OC(=O)CCCCCCCCCCCCC. The summed E-state index contributed by atoms with van der Waals surface area (Å²) in [5.74, 6) is -1.39. The third-order valence-electron chi connectivity index (χ3n) is 17.1. The molecule has 6 atom stereocenters. The van der Waals surface area contributed by atoms with Gasteiger partial charge in [-0.05, 0) is 31.6 Å². The van der Waals surface area contributed by atoms with E-state index in [-0.39, 0.29) is 25.7 Å². The molecule has 3 unspecified atom stereocenters. The average molecular weight is 1340 g/mol. The van der Waals surface area contributed by atoms with Crippen molar-refractivity contribution in [3.05, 3.63) is 0 Å². The molecule has 0 aliphatic rings. The summed E-state index contributed by atoms with van der Waals surface area (Å²) in [5.41, 5.74) is 0. The van der Waals surface area contributed by atoms with Gasteiger partial charge in [0.1, 0.15) is 19.3 Å². The molecule has 0 rings (SSSR count). The number of carbonyl (C=O) groups excluding carboxylic acids is 4. The fraction of sp³-hybridized carbons (Fsp3) is 0.944. The summed E-state index contributed by atoms with van der Waals surface area (Å²) in [6.07, 6.45) is 52.6.